The van der Waals surface area contributed by atoms with E-state index in [0.29, 0.717) is 42.9 Å². The number of carbonyl (C=O) groups excluding carboxylic acids is 2. The highest BCUT2D eigenvalue weighted by Crippen LogP contribution is 2.23. The number of carbonyl (C=O) groups is 2. The number of ketones is 1. The van der Waals surface area contributed by atoms with E-state index in [0.717, 1.165) is 0 Å². The minimum atomic E-state index is -5.07. The number of nitrogens with zero attached hydrogens (tertiary/aromatic N) is 3. The van der Waals surface area contributed by atoms with Crippen LogP contribution >= 0.6 is 0 Å². The lowest BCUT2D eigenvalue weighted by Gasteiger charge is -2.26. The highest BCUT2D eigenvalue weighted by atomic mass is 32.3. The fourth-order valence-corrected chi connectivity index (χ4v) is 2.95. The number of amides is 1. The highest BCUT2D eigenvalue weighted by molar-refractivity contribution is 7.81. The summed E-state index contributed by atoms with van der Waals surface area (Å²) < 4.78 is 37.4. The van der Waals surface area contributed by atoms with Crippen LogP contribution in [0, 0.1) is 0 Å². The van der Waals surface area contributed by atoms with Crippen LogP contribution in [0.1, 0.15) is 23.2 Å². The summed E-state index contributed by atoms with van der Waals surface area (Å²) in [5.74, 6) is -0.135. The second kappa shape index (κ2) is 8.26. The topological polar surface area (TPSA) is 105 Å². The summed E-state index contributed by atoms with van der Waals surface area (Å²) in [7, 11) is -5.07. The zero-order chi connectivity index (χ0) is 20.1. The standard InChI is InChI=1S/C18H16FN3O5S/c19-28(25,26)27-17-7-5-15(6-8-17)21-20-14-3-1-13(2-4-14)18(24)22-11-9-16(23)10-12-22/h1-8H,9-12H2/b21-20+. The number of likely N-dealkylation sites (tertiary alicyclic amines) is 1. The van der Waals surface area contributed by atoms with Crippen molar-refractivity contribution in [1.29, 1.82) is 0 Å². The van der Waals surface area contributed by atoms with Crippen molar-refractivity contribution in [3.63, 3.8) is 0 Å². The Hall–Kier alpha value is -3.14. The Morgan fingerprint density at radius 1 is 0.929 bits per heavy atom. The molecule has 0 N–H and O–H groups in total. The van der Waals surface area contributed by atoms with Crippen molar-refractivity contribution in [3.8, 4) is 5.75 Å². The van der Waals surface area contributed by atoms with Gasteiger partial charge < -0.3 is 9.08 Å². The van der Waals surface area contributed by atoms with E-state index in [-0.39, 0.29) is 17.4 Å². The van der Waals surface area contributed by atoms with Gasteiger partial charge in [-0.3, -0.25) is 9.59 Å². The number of azo groups is 1. The maximum atomic E-state index is 12.4. The summed E-state index contributed by atoms with van der Waals surface area (Å²) in [4.78, 5) is 25.3. The Labute approximate surface area is 161 Å². The molecule has 0 saturated carbocycles. The van der Waals surface area contributed by atoms with E-state index < -0.39 is 10.5 Å². The van der Waals surface area contributed by atoms with E-state index >= 15 is 0 Å². The smallest absolute Gasteiger partial charge is 0.358 e. The van der Waals surface area contributed by atoms with Gasteiger partial charge in [-0.05, 0) is 48.5 Å². The Morgan fingerprint density at radius 2 is 1.43 bits per heavy atom. The lowest BCUT2D eigenvalue weighted by molar-refractivity contribution is -0.120. The van der Waals surface area contributed by atoms with E-state index in [4.69, 9.17) is 0 Å². The van der Waals surface area contributed by atoms with Gasteiger partial charge in [0, 0.05) is 31.5 Å². The van der Waals surface area contributed by atoms with Crippen LogP contribution in [0.3, 0.4) is 0 Å². The SMILES string of the molecule is O=C1CCN(C(=O)c2ccc(/N=N/c3ccc(OS(=O)(=O)F)cc3)cc2)CC1. The van der Waals surface area contributed by atoms with Crippen molar-refractivity contribution < 1.29 is 26.1 Å². The third-order valence-electron chi connectivity index (χ3n) is 4.04. The van der Waals surface area contributed by atoms with Crippen LogP contribution in [0.25, 0.3) is 0 Å². The molecule has 0 radical (unpaired) electrons. The molecule has 1 amide bonds. The number of hydrogen-bond acceptors (Lipinski definition) is 7. The van der Waals surface area contributed by atoms with Gasteiger partial charge in [0.15, 0.2) is 0 Å². The first-order valence-electron chi connectivity index (χ1n) is 8.37. The molecule has 0 aliphatic carbocycles. The second-order valence-corrected chi connectivity index (χ2v) is 7.00. The molecule has 2 aromatic rings. The molecule has 1 fully saturated rings. The summed E-state index contributed by atoms with van der Waals surface area (Å²) in [5.41, 5.74) is 1.42. The molecular weight excluding hydrogens is 389 g/mol. The molecule has 1 heterocycles. The van der Waals surface area contributed by atoms with Crippen molar-refractivity contribution in [3.05, 3.63) is 54.1 Å². The molecule has 1 aliphatic heterocycles. The number of Topliss-reactive ketones (excluding diaryl/α,β-unsaturated/α-hetero) is 1. The molecule has 0 spiro atoms. The predicted octanol–water partition coefficient (Wildman–Crippen LogP) is 3.50. The Kier molecular flexibility index (Phi) is 5.78. The van der Waals surface area contributed by atoms with Gasteiger partial charge in [0.25, 0.3) is 5.91 Å². The van der Waals surface area contributed by atoms with Gasteiger partial charge in [-0.1, -0.05) is 3.89 Å². The highest BCUT2D eigenvalue weighted by Gasteiger charge is 2.21. The van der Waals surface area contributed by atoms with Crippen molar-refractivity contribution in [2.24, 2.45) is 10.2 Å². The fourth-order valence-electron chi connectivity index (χ4n) is 2.61. The molecule has 0 atom stereocenters. The molecule has 0 bridgehead atoms. The Balaban J connectivity index is 1.62. The summed E-state index contributed by atoms with van der Waals surface area (Å²) in [6.45, 7) is 0.866. The summed E-state index contributed by atoms with van der Waals surface area (Å²) in [6, 6.07) is 11.9. The molecule has 2 aromatic carbocycles. The lowest BCUT2D eigenvalue weighted by atomic mass is 10.1. The molecule has 8 nitrogen and oxygen atoms in total. The minimum absolute atomic E-state index is 0.130. The number of piperidine rings is 1. The first-order chi connectivity index (χ1) is 13.3. The maximum Gasteiger partial charge on any atom is 0.488 e. The zero-order valence-corrected chi connectivity index (χ0v) is 15.4. The molecule has 28 heavy (non-hydrogen) atoms. The normalized spacial score (nSPS) is 15.0. The molecule has 1 saturated heterocycles. The number of halogens is 1. The molecular formula is C18H16FN3O5S. The quantitative estimate of drug-likeness (QED) is 0.559. The van der Waals surface area contributed by atoms with Crippen LogP contribution in [-0.2, 0) is 15.3 Å². The van der Waals surface area contributed by atoms with Crippen LogP contribution in [-0.4, -0.2) is 38.1 Å². The summed E-state index contributed by atoms with van der Waals surface area (Å²) >= 11 is 0. The predicted molar refractivity (Wildman–Crippen MR) is 97.9 cm³/mol. The average Bonchev–Trinajstić information content (AvgIpc) is 2.67. The van der Waals surface area contributed by atoms with Crippen molar-refractivity contribution in [2.45, 2.75) is 12.8 Å². The van der Waals surface area contributed by atoms with Crippen LogP contribution < -0.4 is 4.18 Å². The van der Waals surface area contributed by atoms with E-state index in [2.05, 4.69) is 14.4 Å². The van der Waals surface area contributed by atoms with Crippen LogP contribution in [0.5, 0.6) is 5.75 Å². The van der Waals surface area contributed by atoms with E-state index in [1.165, 1.54) is 24.3 Å². The first kappa shape index (κ1) is 19.6. The van der Waals surface area contributed by atoms with Gasteiger partial charge in [0.2, 0.25) is 0 Å². The number of rotatable bonds is 5. The third kappa shape index (κ3) is 5.43. The molecule has 0 unspecified atom stereocenters. The third-order valence-corrected chi connectivity index (χ3v) is 4.43. The molecule has 3 rings (SSSR count). The number of benzene rings is 2. The molecule has 1 aliphatic rings. The van der Waals surface area contributed by atoms with Gasteiger partial charge in [-0.25, -0.2) is 0 Å². The van der Waals surface area contributed by atoms with Gasteiger partial charge in [0.05, 0.1) is 11.4 Å². The minimum Gasteiger partial charge on any atom is -0.358 e. The number of hydrogen-bond donors (Lipinski definition) is 0. The van der Waals surface area contributed by atoms with E-state index in [1.54, 1.807) is 29.2 Å². The van der Waals surface area contributed by atoms with Crippen LogP contribution in [0.15, 0.2) is 58.8 Å². The van der Waals surface area contributed by atoms with E-state index in [1.807, 2.05) is 0 Å². The molecule has 146 valence electrons. The fraction of sp³-hybridized carbons (Fsp3) is 0.222. The van der Waals surface area contributed by atoms with Crippen LogP contribution in [0.2, 0.25) is 0 Å². The van der Waals surface area contributed by atoms with Crippen molar-refractivity contribution in [2.75, 3.05) is 13.1 Å². The lowest BCUT2D eigenvalue weighted by Crippen LogP contribution is -2.38. The van der Waals surface area contributed by atoms with Crippen molar-refractivity contribution >= 4 is 33.6 Å². The van der Waals surface area contributed by atoms with Gasteiger partial charge in [-0.2, -0.15) is 18.6 Å². The second-order valence-electron chi connectivity index (χ2n) is 6.05. The van der Waals surface area contributed by atoms with Gasteiger partial charge in [0.1, 0.15) is 11.5 Å². The largest absolute Gasteiger partial charge is 0.488 e. The van der Waals surface area contributed by atoms with Gasteiger partial charge >= 0.3 is 10.5 Å². The summed E-state index contributed by atoms with van der Waals surface area (Å²) in [5, 5.41) is 8.01. The van der Waals surface area contributed by atoms with Gasteiger partial charge in [-0.15, -0.1) is 0 Å². The van der Waals surface area contributed by atoms with Crippen LogP contribution in [0.4, 0.5) is 15.3 Å². The monoisotopic (exact) mass is 405 g/mol. The Morgan fingerprint density at radius 3 is 1.93 bits per heavy atom. The maximum absolute atomic E-state index is 12.4. The molecule has 0 aromatic heterocycles. The van der Waals surface area contributed by atoms with E-state index in [9.17, 15) is 21.9 Å². The first-order valence-corrected chi connectivity index (χ1v) is 9.68. The molecule has 10 heteroatoms. The Bertz CT molecular complexity index is 995. The van der Waals surface area contributed by atoms with Crippen molar-refractivity contribution in [1.82, 2.24) is 4.90 Å². The zero-order valence-electron chi connectivity index (χ0n) is 14.6. The average molecular weight is 405 g/mol. The summed E-state index contributed by atoms with van der Waals surface area (Å²) in [6.07, 6.45) is 0.776.